The smallest absolute Gasteiger partial charge is 0.248 e. The molecule has 0 saturated carbocycles. The van der Waals surface area contributed by atoms with Crippen LogP contribution in [-0.2, 0) is 9.47 Å². The molecule has 0 fully saturated rings. The number of amides is 1. The van der Waals surface area contributed by atoms with Gasteiger partial charge in [-0.2, -0.15) is 0 Å². The Kier molecular flexibility index (Phi) is 5.96. The summed E-state index contributed by atoms with van der Waals surface area (Å²) in [4.78, 5) is 10.9. The van der Waals surface area contributed by atoms with Crippen LogP contribution < -0.4 is 16.2 Å². The topological polar surface area (TPSA) is 96.8 Å². The second-order valence-corrected chi connectivity index (χ2v) is 3.57. The maximum Gasteiger partial charge on any atom is 0.248 e. The first-order chi connectivity index (χ1) is 8.65. The average molecular weight is 254 g/mol. The summed E-state index contributed by atoms with van der Waals surface area (Å²) in [5.74, 6) is -0.00788. The number of hydrogen-bond donors (Lipinski definition) is 2. The third kappa shape index (κ3) is 4.60. The summed E-state index contributed by atoms with van der Waals surface area (Å²) in [6.45, 7) is 1.90. The predicted octanol–water partition coefficient (Wildman–Crippen LogP) is 0.410. The average Bonchev–Trinajstić information content (AvgIpc) is 2.35. The Morgan fingerprint density at radius 3 is 2.56 bits per heavy atom. The molecule has 0 unspecified atom stereocenters. The van der Waals surface area contributed by atoms with Gasteiger partial charge in [0, 0.05) is 12.7 Å². The maximum atomic E-state index is 10.9. The molecule has 0 aliphatic heterocycles. The van der Waals surface area contributed by atoms with Crippen LogP contribution in [0.3, 0.4) is 0 Å². The van der Waals surface area contributed by atoms with Gasteiger partial charge in [-0.15, -0.1) is 0 Å². The molecule has 18 heavy (non-hydrogen) atoms. The molecule has 0 radical (unpaired) electrons. The number of nitrogens with two attached hydrogens (primary N) is 2. The predicted molar refractivity (Wildman–Crippen MR) is 67.6 cm³/mol. The number of carbonyl (C=O) groups excluding carboxylic acids is 1. The Morgan fingerprint density at radius 1 is 1.22 bits per heavy atom. The molecule has 0 spiro atoms. The summed E-state index contributed by atoms with van der Waals surface area (Å²) in [7, 11) is 1.61. The Labute approximate surface area is 106 Å². The number of rotatable bonds is 8. The summed E-state index contributed by atoms with van der Waals surface area (Å²) in [5.41, 5.74) is 11.6. The molecule has 1 aromatic carbocycles. The molecule has 1 rings (SSSR count). The zero-order valence-electron chi connectivity index (χ0n) is 10.3. The minimum absolute atomic E-state index is 0.358. The fraction of sp³-hybridized carbons (Fsp3) is 0.417. The van der Waals surface area contributed by atoms with Crippen LogP contribution in [0.25, 0.3) is 0 Å². The molecule has 6 nitrogen and oxygen atoms in total. The van der Waals surface area contributed by atoms with Crippen LogP contribution >= 0.6 is 0 Å². The molecule has 0 heterocycles. The van der Waals surface area contributed by atoms with Crippen molar-refractivity contribution in [3.05, 3.63) is 23.8 Å². The van der Waals surface area contributed by atoms with Crippen LogP contribution in [0.1, 0.15) is 10.4 Å². The summed E-state index contributed by atoms with van der Waals surface area (Å²) in [5, 5.41) is 0. The van der Waals surface area contributed by atoms with E-state index in [1.807, 2.05) is 0 Å². The lowest BCUT2D eigenvalue weighted by molar-refractivity contribution is 0.0545. The number of primary amides is 1. The van der Waals surface area contributed by atoms with Gasteiger partial charge >= 0.3 is 0 Å². The summed E-state index contributed by atoms with van der Waals surface area (Å²) in [6, 6.07) is 4.67. The SMILES string of the molecule is COCCOCCOc1ccc(C(N)=O)cc1N. The largest absolute Gasteiger partial charge is 0.489 e. The Bertz CT molecular complexity index is 396. The van der Waals surface area contributed by atoms with Gasteiger partial charge in [0.2, 0.25) is 5.91 Å². The van der Waals surface area contributed by atoms with Gasteiger partial charge in [0.25, 0.3) is 0 Å². The molecule has 0 aliphatic rings. The number of nitrogen functional groups attached to an aromatic ring is 1. The minimum atomic E-state index is -0.517. The molecule has 1 amide bonds. The summed E-state index contributed by atoms with van der Waals surface area (Å²) in [6.07, 6.45) is 0. The van der Waals surface area contributed by atoms with E-state index in [1.165, 1.54) is 6.07 Å². The highest BCUT2D eigenvalue weighted by molar-refractivity contribution is 5.94. The van der Waals surface area contributed by atoms with Gasteiger partial charge in [0.15, 0.2) is 0 Å². The molecular weight excluding hydrogens is 236 g/mol. The van der Waals surface area contributed by atoms with E-state index in [9.17, 15) is 4.79 Å². The first-order valence-corrected chi connectivity index (χ1v) is 5.54. The van der Waals surface area contributed by atoms with E-state index in [0.717, 1.165) is 0 Å². The van der Waals surface area contributed by atoms with Crippen molar-refractivity contribution in [2.24, 2.45) is 5.73 Å². The van der Waals surface area contributed by atoms with Crippen LogP contribution in [0.4, 0.5) is 5.69 Å². The lowest BCUT2D eigenvalue weighted by Crippen LogP contribution is -2.13. The number of ether oxygens (including phenoxy) is 3. The lowest BCUT2D eigenvalue weighted by Gasteiger charge is -2.09. The van der Waals surface area contributed by atoms with E-state index >= 15 is 0 Å². The lowest BCUT2D eigenvalue weighted by atomic mass is 10.2. The number of hydrogen-bond acceptors (Lipinski definition) is 5. The Morgan fingerprint density at radius 2 is 1.94 bits per heavy atom. The highest BCUT2D eigenvalue weighted by Crippen LogP contribution is 2.22. The normalized spacial score (nSPS) is 10.3. The molecule has 1 aromatic rings. The second-order valence-electron chi connectivity index (χ2n) is 3.57. The molecule has 0 bridgehead atoms. The summed E-state index contributed by atoms with van der Waals surface area (Å²) < 4.78 is 15.5. The van der Waals surface area contributed by atoms with Crippen molar-refractivity contribution in [3.8, 4) is 5.75 Å². The van der Waals surface area contributed by atoms with Gasteiger partial charge in [-0.05, 0) is 18.2 Å². The van der Waals surface area contributed by atoms with Crippen LogP contribution in [-0.4, -0.2) is 39.4 Å². The van der Waals surface area contributed by atoms with Crippen LogP contribution in [0.2, 0.25) is 0 Å². The second kappa shape index (κ2) is 7.52. The van der Waals surface area contributed by atoms with E-state index in [1.54, 1.807) is 19.2 Å². The van der Waals surface area contributed by atoms with Crippen molar-refractivity contribution >= 4 is 11.6 Å². The number of benzene rings is 1. The third-order valence-corrected chi connectivity index (χ3v) is 2.21. The molecule has 0 aromatic heterocycles. The van der Waals surface area contributed by atoms with Gasteiger partial charge in [0.1, 0.15) is 12.4 Å². The van der Waals surface area contributed by atoms with E-state index in [2.05, 4.69) is 0 Å². The van der Waals surface area contributed by atoms with Gasteiger partial charge < -0.3 is 25.7 Å². The van der Waals surface area contributed by atoms with Crippen LogP contribution in [0.5, 0.6) is 5.75 Å². The fourth-order valence-electron chi connectivity index (χ4n) is 1.29. The van der Waals surface area contributed by atoms with Crippen molar-refractivity contribution in [1.29, 1.82) is 0 Å². The Hall–Kier alpha value is -1.79. The monoisotopic (exact) mass is 254 g/mol. The van der Waals surface area contributed by atoms with Gasteiger partial charge in [-0.25, -0.2) is 0 Å². The first-order valence-electron chi connectivity index (χ1n) is 5.54. The number of methoxy groups -OCH3 is 1. The van der Waals surface area contributed by atoms with E-state index in [-0.39, 0.29) is 0 Å². The molecule has 100 valence electrons. The van der Waals surface area contributed by atoms with Gasteiger partial charge in [-0.3, -0.25) is 4.79 Å². The van der Waals surface area contributed by atoms with Crippen molar-refractivity contribution < 1.29 is 19.0 Å². The molecule has 0 aliphatic carbocycles. The van der Waals surface area contributed by atoms with E-state index in [4.69, 9.17) is 25.7 Å². The first kappa shape index (κ1) is 14.3. The highest BCUT2D eigenvalue weighted by atomic mass is 16.5. The van der Waals surface area contributed by atoms with Crippen molar-refractivity contribution in [1.82, 2.24) is 0 Å². The molecule has 0 atom stereocenters. The van der Waals surface area contributed by atoms with Crippen LogP contribution in [0.15, 0.2) is 18.2 Å². The van der Waals surface area contributed by atoms with Crippen LogP contribution in [0, 0.1) is 0 Å². The third-order valence-electron chi connectivity index (χ3n) is 2.21. The van der Waals surface area contributed by atoms with Crippen molar-refractivity contribution in [2.45, 2.75) is 0 Å². The van der Waals surface area contributed by atoms with Gasteiger partial charge in [0.05, 0.1) is 25.5 Å². The number of carbonyl (C=O) groups is 1. The zero-order chi connectivity index (χ0) is 13.4. The van der Waals surface area contributed by atoms with E-state index < -0.39 is 5.91 Å². The van der Waals surface area contributed by atoms with Gasteiger partial charge in [-0.1, -0.05) is 0 Å². The highest BCUT2D eigenvalue weighted by Gasteiger charge is 2.05. The molecule has 6 heteroatoms. The Balaban J connectivity index is 2.36. The molecule has 4 N–H and O–H groups in total. The minimum Gasteiger partial charge on any atom is -0.489 e. The van der Waals surface area contributed by atoms with Crippen molar-refractivity contribution in [2.75, 3.05) is 39.3 Å². The van der Waals surface area contributed by atoms with Crippen molar-refractivity contribution in [3.63, 3.8) is 0 Å². The quantitative estimate of drug-likeness (QED) is 0.517. The zero-order valence-corrected chi connectivity index (χ0v) is 10.3. The van der Waals surface area contributed by atoms with E-state index in [0.29, 0.717) is 43.4 Å². The number of anilines is 1. The fourth-order valence-corrected chi connectivity index (χ4v) is 1.29. The maximum absolute atomic E-state index is 10.9. The summed E-state index contributed by atoms with van der Waals surface area (Å²) >= 11 is 0. The standard InChI is InChI=1S/C12H18N2O4/c1-16-4-5-17-6-7-18-11-3-2-9(12(14)15)8-10(11)13/h2-3,8H,4-7,13H2,1H3,(H2,14,15). The molecular formula is C12H18N2O4. The molecule has 0 saturated heterocycles.